The lowest BCUT2D eigenvalue weighted by molar-refractivity contribution is 0.578. The lowest BCUT2D eigenvalue weighted by Gasteiger charge is -2.16. The first kappa shape index (κ1) is 13.6. The zero-order chi connectivity index (χ0) is 13.9. The molecule has 1 N–H and O–H groups in total. The first-order valence-electron chi connectivity index (χ1n) is 6.52. The molecule has 1 aromatic carbocycles. The van der Waals surface area contributed by atoms with Crippen molar-refractivity contribution in [2.75, 3.05) is 7.05 Å². The topological polar surface area (TPSA) is 24.9 Å². The van der Waals surface area contributed by atoms with Crippen LogP contribution in [0.4, 0.5) is 0 Å². The summed E-state index contributed by atoms with van der Waals surface area (Å²) in [6.07, 6.45) is 2.68. The van der Waals surface area contributed by atoms with Crippen LogP contribution in [0.5, 0.6) is 0 Å². The summed E-state index contributed by atoms with van der Waals surface area (Å²) >= 11 is 8.04. The molecule has 3 aromatic rings. The smallest absolute Gasteiger partial charge is 0.0762 e. The van der Waals surface area contributed by atoms with Crippen LogP contribution >= 0.6 is 22.9 Å². The van der Waals surface area contributed by atoms with Gasteiger partial charge >= 0.3 is 0 Å². The van der Waals surface area contributed by atoms with E-state index in [-0.39, 0.29) is 6.04 Å². The lowest BCUT2D eigenvalue weighted by atomic mass is 10.0. The maximum atomic E-state index is 6.26. The van der Waals surface area contributed by atoms with Crippen molar-refractivity contribution in [1.29, 1.82) is 0 Å². The van der Waals surface area contributed by atoms with Crippen LogP contribution in [-0.4, -0.2) is 12.0 Å². The van der Waals surface area contributed by atoms with Gasteiger partial charge in [0.25, 0.3) is 0 Å². The Morgan fingerprint density at radius 3 is 2.90 bits per heavy atom. The van der Waals surface area contributed by atoms with E-state index in [9.17, 15) is 0 Å². The number of hydrogen-bond donors (Lipinski definition) is 1. The number of hydrogen-bond acceptors (Lipinski definition) is 3. The van der Waals surface area contributed by atoms with E-state index >= 15 is 0 Å². The standard InChI is InChI=1S/C16H15ClN2S/c1-18-14(16-13(17)6-4-8-19-16)9-11-10-20-15-7-3-2-5-12(11)15/h2-8,10,14,18H,9H2,1H3. The van der Waals surface area contributed by atoms with Crippen molar-refractivity contribution in [1.82, 2.24) is 10.3 Å². The predicted octanol–water partition coefficient (Wildman–Crippen LogP) is 4.45. The van der Waals surface area contributed by atoms with Gasteiger partial charge in [0, 0.05) is 10.9 Å². The summed E-state index contributed by atoms with van der Waals surface area (Å²) in [6, 6.07) is 12.4. The van der Waals surface area contributed by atoms with Gasteiger partial charge in [-0.3, -0.25) is 4.98 Å². The molecule has 1 unspecified atom stereocenters. The van der Waals surface area contributed by atoms with E-state index in [0.717, 1.165) is 12.1 Å². The second-order valence-electron chi connectivity index (χ2n) is 4.67. The summed E-state index contributed by atoms with van der Waals surface area (Å²) in [7, 11) is 1.95. The first-order valence-corrected chi connectivity index (χ1v) is 7.78. The Morgan fingerprint density at radius 2 is 2.10 bits per heavy atom. The van der Waals surface area contributed by atoms with Gasteiger partial charge in [0.2, 0.25) is 0 Å². The Bertz CT molecular complexity index is 723. The average molecular weight is 303 g/mol. The monoisotopic (exact) mass is 302 g/mol. The highest BCUT2D eigenvalue weighted by molar-refractivity contribution is 7.17. The molecular formula is C16H15ClN2S. The summed E-state index contributed by atoms with van der Waals surface area (Å²) in [4.78, 5) is 4.42. The van der Waals surface area contributed by atoms with E-state index in [1.54, 1.807) is 17.5 Å². The molecule has 2 aromatic heterocycles. The van der Waals surface area contributed by atoms with Crippen LogP contribution in [0.15, 0.2) is 48.0 Å². The van der Waals surface area contributed by atoms with Crippen molar-refractivity contribution in [3.05, 3.63) is 64.3 Å². The Balaban J connectivity index is 1.94. The van der Waals surface area contributed by atoms with Gasteiger partial charge in [-0.05, 0) is 48.0 Å². The normalized spacial score (nSPS) is 12.7. The van der Waals surface area contributed by atoms with E-state index in [1.165, 1.54) is 15.6 Å². The van der Waals surface area contributed by atoms with Crippen molar-refractivity contribution in [2.45, 2.75) is 12.5 Å². The number of nitrogens with one attached hydrogen (secondary N) is 1. The number of nitrogens with zero attached hydrogens (tertiary/aromatic N) is 1. The maximum absolute atomic E-state index is 6.26. The summed E-state index contributed by atoms with van der Waals surface area (Å²) < 4.78 is 1.32. The molecule has 20 heavy (non-hydrogen) atoms. The van der Waals surface area contributed by atoms with Crippen molar-refractivity contribution in [3.8, 4) is 0 Å². The fraction of sp³-hybridized carbons (Fsp3) is 0.188. The Hall–Kier alpha value is -1.42. The predicted molar refractivity (Wildman–Crippen MR) is 86.6 cm³/mol. The van der Waals surface area contributed by atoms with E-state index < -0.39 is 0 Å². The maximum Gasteiger partial charge on any atom is 0.0762 e. The molecule has 4 heteroatoms. The number of likely N-dealkylation sites (N-methyl/N-ethyl adjacent to an activating group) is 1. The molecule has 2 nitrogen and oxygen atoms in total. The molecule has 0 radical (unpaired) electrons. The summed E-state index contributed by atoms with van der Waals surface area (Å²) in [5, 5.41) is 7.59. The lowest BCUT2D eigenvalue weighted by Crippen LogP contribution is -2.20. The second-order valence-corrected chi connectivity index (χ2v) is 5.99. The minimum atomic E-state index is 0.127. The Labute approximate surface area is 127 Å². The number of fused-ring (bicyclic) bond motifs is 1. The van der Waals surface area contributed by atoms with E-state index in [4.69, 9.17) is 11.6 Å². The van der Waals surface area contributed by atoms with Crippen LogP contribution in [0.25, 0.3) is 10.1 Å². The van der Waals surface area contributed by atoms with Crippen LogP contribution in [0.2, 0.25) is 5.02 Å². The van der Waals surface area contributed by atoms with Gasteiger partial charge in [-0.2, -0.15) is 0 Å². The zero-order valence-electron chi connectivity index (χ0n) is 11.1. The molecule has 2 heterocycles. The van der Waals surface area contributed by atoms with E-state index in [1.807, 2.05) is 19.2 Å². The van der Waals surface area contributed by atoms with Crippen molar-refractivity contribution >= 4 is 33.0 Å². The Morgan fingerprint density at radius 1 is 1.25 bits per heavy atom. The number of benzene rings is 1. The van der Waals surface area contributed by atoms with Gasteiger partial charge in [-0.1, -0.05) is 29.8 Å². The van der Waals surface area contributed by atoms with Gasteiger partial charge < -0.3 is 5.32 Å². The minimum absolute atomic E-state index is 0.127. The molecule has 102 valence electrons. The second kappa shape index (κ2) is 5.92. The van der Waals surface area contributed by atoms with Gasteiger partial charge in [0.1, 0.15) is 0 Å². The molecule has 0 spiro atoms. The third kappa shape index (κ3) is 2.57. The number of thiophene rings is 1. The SMILES string of the molecule is CNC(Cc1csc2ccccc12)c1ncccc1Cl. The van der Waals surface area contributed by atoms with Crippen LogP contribution in [0.1, 0.15) is 17.3 Å². The molecule has 0 saturated heterocycles. The molecule has 0 aliphatic rings. The van der Waals surface area contributed by atoms with Gasteiger partial charge in [-0.15, -0.1) is 11.3 Å². The highest BCUT2D eigenvalue weighted by atomic mass is 35.5. The van der Waals surface area contributed by atoms with Crippen molar-refractivity contribution < 1.29 is 0 Å². The number of halogens is 1. The highest BCUT2D eigenvalue weighted by Gasteiger charge is 2.16. The van der Waals surface area contributed by atoms with Gasteiger partial charge in [-0.25, -0.2) is 0 Å². The van der Waals surface area contributed by atoms with Crippen LogP contribution < -0.4 is 5.32 Å². The molecule has 1 atom stereocenters. The summed E-state index contributed by atoms with van der Waals surface area (Å²) in [6.45, 7) is 0. The third-order valence-corrected chi connectivity index (χ3v) is 4.78. The number of aromatic nitrogens is 1. The molecule has 0 amide bonds. The average Bonchev–Trinajstić information content (AvgIpc) is 2.89. The van der Waals surface area contributed by atoms with Gasteiger partial charge in [0.15, 0.2) is 0 Å². The molecule has 0 bridgehead atoms. The largest absolute Gasteiger partial charge is 0.311 e. The summed E-state index contributed by atoms with van der Waals surface area (Å²) in [5.41, 5.74) is 2.25. The first-order chi connectivity index (χ1) is 9.79. The zero-order valence-corrected chi connectivity index (χ0v) is 12.7. The molecule has 0 aliphatic carbocycles. The third-order valence-electron chi connectivity index (χ3n) is 3.45. The van der Waals surface area contributed by atoms with Crippen molar-refractivity contribution in [2.24, 2.45) is 0 Å². The molecule has 0 aliphatic heterocycles. The fourth-order valence-electron chi connectivity index (χ4n) is 2.40. The van der Waals surface area contributed by atoms with Crippen LogP contribution in [0, 0.1) is 0 Å². The molecule has 0 fully saturated rings. The van der Waals surface area contributed by atoms with Crippen LogP contribution in [-0.2, 0) is 6.42 Å². The highest BCUT2D eigenvalue weighted by Crippen LogP contribution is 2.30. The number of rotatable bonds is 4. The fourth-order valence-corrected chi connectivity index (χ4v) is 3.63. The van der Waals surface area contributed by atoms with Gasteiger partial charge in [0.05, 0.1) is 16.8 Å². The summed E-state index contributed by atoms with van der Waals surface area (Å²) in [5.74, 6) is 0. The molecule has 0 saturated carbocycles. The van der Waals surface area contributed by atoms with E-state index in [2.05, 4.69) is 39.9 Å². The Kier molecular flexibility index (Phi) is 4.01. The van der Waals surface area contributed by atoms with Crippen molar-refractivity contribution in [3.63, 3.8) is 0 Å². The minimum Gasteiger partial charge on any atom is -0.311 e. The molecular weight excluding hydrogens is 288 g/mol. The quantitative estimate of drug-likeness (QED) is 0.770. The number of pyridine rings is 1. The van der Waals surface area contributed by atoms with Crippen LogP contribution in [0.3, 0.4) is 0 Å². The van der Waals surface area contributed by atoms with E-state index in [0.29, 0.717) is 5.02 Å². The molecule has 3 rings (SSSR count).